The Balaban J connectivity index is 1.65. The second-order valence-electron chi connectivity index (χ2n) is 6.43. The number of aromatic nitrogens is 4. The van der Waals surface area contributed by atoms with E-state index in [2.05, 4.69) is 15.1 Å². The zero-order chi connectivity index (χ0) is 18.0. The molecule has 0 aromatic carbocycles. The zero-order valence-electron chi connectivity index (χ0n) is 14.8. The van der Waals surface area contributed by atoms with E-state index in [0.29, 0.717) is 13.1 Å². The van der Waals surface area contributed by atoms with Gasteiger partial charge in [0, 0.05) is 46.1 Å². The third-order valence-electron chi connectivity index (χ3n) is 4.52. The summed E-state index contributed by atoms with van der Waals surface area (Å²) in [5.74, 6) is 0.274. The van der Waals surface area contributed by atoms with Gasteiger partial charge in [0.2, 0.25) is 0 Å². The molecule has 3 heterocycles. The molecule has 1 atom stereocenters. The van der Waals surface area contributed by atoms with E-state index >= 15 is 0 Å². The third-order valence-corrected chi connectivity index (χ3v) is 6.43. The van der Waals surface area contributed by atoms with Gasteiger partial charge in [0.05, 0.1) is 17.6 Å². The molecule has 0 saturated carbocycles. The van der Waals surface area contributed by atoms with Crippen LogP contribution in [0.25, 0.3) is 11.4 Å². The molecule has 1 saturated heterocycles. The Morgan fingerprint density at radius 2 is 2.08 bits per heavy atom. The van der Waals surface area contributed by atoms with Crippen molar-refractivity contribution in [2.24, 2.45) is 5.92 Å². The molecular formula is C16H24N6O2S. The maximum absolute atomic E-state index is 12.2. The van der Waals surface area contributed by atoms with E-state index in [-0.39, 0.29) is 5.92 Å². The largest absolute Gasteiger partial charge is 0.281 e. The molecule has 0 amide bonds. The minimum atomic E-state index is -3.32. The first-order valence-electron chi connectivity index (χ1n) is 8.42. The molecule has 25 heavy (non-hydrogen) atoms. The summed E-state index contributed by atoms with van der Waals surface area (Å²) in [6.07, 6.45) is 6.89. The molecule has 1 fully saturated rings. The molecule has 0 aliphatic carbocycles. The first kappa shape index (κ1) is 18.0. The van der Waals surface area contributed by atoms with E-state index in [1.165, 1.54) is 4.31 Å². The summed E-state index contributed by atoms with van der Waals surface area (Å²) in [6, 6.07) is 1.92. The Labute approximate surface area is 148 Å². The number of hydrogen-bond acceptors (Lipinski definition) is 5. The monoisotopic (exact) mass is 364 g/mol. The molecule has 9 heteroatoms. The minimum Gasteiger partial charge on any atom is -0.264 e. The van der Waals surface area contributed by atoms with Gasteiger partial charge in [0.15, 0.2) is 0 Å². The second kappa shape index (κ2) is 7.19. The number of nitrogens with zero attached hydrogens (tertiary/aromatic N) is 6. The van der Waals surface area contributed by atoms with Gasteiger partial charge in [-0.25, -0.2) is 0 Å². The Bertz CT molecular complexity index is 815. The molecule has 0 unspecified atom stereocenters. The fourth-order valence-electron chi connectivity index (χ4n) is 3.09. The van der Waals surface area contributed by atoms with E-state index in [0.717, 1.165) is 36.5 Å². The normalized spacial score (nSPS) is 19.0. The average molecular weight is 364 g/mol. The summed E-state index contributed by atoms with van der Waals surface area (Å²) in [6.45, 7) is 3.91. The maximum atomic E-state index is 12.2. The van der Waals surface area contributed by atoms with Gasteiger partial charge < -0.3 is 0 Å². The number of rotatable bonds is 6. The van der Waals surface area contributed by atoms with Crippen molar-refractivity contribution in [2.75, 3.05) is 27.2 Å². The van der Waals surface area contributed by atoms with Crippen LogP contribution in [0.1, 0.15) is 19.0 Å². The van der Waals surface area contributed by atoms with Gasteiger partial charge in [0.25, 0.3) is 10.2 Å². The van der Waals surface area contributed by atoms with Crippen LogP contribution in [0.15, 0.2) is 24.7 Å². The fourth-order valence-corrected chi connectivity index (χ4v) is 4.29. The van der Waals surface area contributed by atoms with Gasteiger partial charge in [0.1, 0.15) is 5.69 Å². The van der Waals surface area contributed by atoms with Crippen LogP contribution >= 0.6 is 0 Å². The highest BCUT2D eigenvalue weighted by atomic mass is 32.2. The summed E-state index contributed by atoms with van der Waals surface area (Å²) < 4.78 is 29.1. The maximum Gasteiger partial charge on any atom is 0.281 e. The first-order chi connectivity index (χ1) is 11.9. The molecule has 1 aliphatic rings. The highest BCUT2D eigenvalue weighted by Crippen LogP contribution is 2.24. The molecule has 2 aromatic heterocycles. The van der Waals surface area contributed by atoms with Crippen LogP contribution in [-0.2, 0) is 23.2 Å². The van der Waals surface area contributed by atoms with Gasteiger partial charge in [-0.3, -0.25) is 14.6 Å². The summed E-state index contributed by atoms with van der Waals surface area (Å²) in [5.41, 5.74) is 2.64. The van der Waals surface area contributed by atoms with Crippen molar-refractivity contribution in [3.63, 3.8) is 0 Å². The van der Waals surface area contributed by atoms with Crippen LogP contribution in [0.2, 0.25) is 0 Å². The lowest BCUT2D eigenvalue weighted by Crippen LogP contribution is -2.38. The summed E-state index contributed by atoms with van der Waals surface area (Å²) in [5, 5.41) is 4.24. The molecule has 0 spiro atoms. The lowest BCUT2D eigenvalue weighted by Gasteiger charge is -2.20. The van der Waals surface area contributed by atoms with Crippen LogP contribution in [-0.4, -0.2) is 64.0 Å². The van der Waals surface area contributed by atoms with E-state index in [9.17, 15) is 8.42 Å². The van der Waals surface area contributed by atoms with Crippen molar-refractivity contribution >= 4 is 10.2 Å². The predicted octanol–water partition coefficient (Wildman–Crippen LogP) is 1.03. The molecule has 3 rings (SSSR count). The molecule has 0 N–H and O–H groups in total. The van der Waals surface area contributed by atoms with E-state index in [1.807, 2.05) is 17.7 Å². The van der Waals surface area contributed by atoms with E-state index < -0.39 is 10.2 Å². The van der Waals surface area contributed by atoms with Crippen molar-refractivity contribution in [2.45, 2.75) is 26.3 Å². The highest BCUT2D eigenvalue weighted by molar-refractivity contribution is 7.86. The standard InChI is InChI=1S/C16H24N6O2S/c1-4-22-16(5-7-19-22)15-11-17-14(10-18-15)9-13-6-8-21(12-13)25(23,24)20(2)3/h5,7,10-11,13H,4,6,8-9,12H2,1-3H3/t13-/m0/s1. The quantitative estimate of drug-likeness (QED) is 0.764. The van der Waals surface area contributed by atoms with Crippen molar-refractivity contribution in [3.05, 3.63) is 30.4 Å². The topological polar surface area (TPSA) is 84.2 Å². The van der Waals surface area contributed by atoms with Crippen molar-refractivity contribution < 1.29 is 8.42 Å². The van der Waals surface area contributed by atoms with Crippen LogP contribution in [0.4, 0.5) is 0 Å². The molecule has 136 valence electrons. The minimum absolute atomic E-state index is 0.274. The Hall–Kier alpha value is -1.84. The third kappa shape index (κ3) is 3.73. The van der Waals surface area contributed by atoms with Crippen LogP contribution < -0.4 is 0 Å². The molecular weight excluding hydrogens is 340 g/mol. The summed E-state index contributed by atoms with van der Waals surface area (Å²) in [4.78, 5) is 9.02. The van der Waals surface area contributed by atoms with Crippen LogP contribution in [0.3, 0.4) is 0 Å². The van der Waals surface area contributed by atoms with Crippen LogP contribution in [0.5, 0.6) is 0 Å². The number of hydrogen-bond donors (Lipinski definition) is 0. The average Bonchev–Trinajstić information content (AvgIpc) is 3.24. The summed E-state index contributed by atoms with van der Waals surface area (Å²) in [7, 11) is -0.198. The lowest BCUT2D eigenvalue weighted by molar-refractivity contribution is 0.409. The van der Waals surface area contributed by atoms with Gasteiger partial charge in [-0.15, -0.1) is 0 Å². The first-order valence-corrected chi connectivity index (χ1v) is 9.82. The smallest absolute Gasteiger partial charge is 0.264 e. The molecule has 2 aromatic rings. The summed E-state index contributed by atoms with van der Waals surface area (Å²) >= 11 is 0. The van der Waals surface area contributed by atoms with Gasteiger partial charge in [-0.05, 0) is 31.7 Å². The Kier molecular flexibility index (Phi) is 5.16. The molecule has 1 aliphatic heterocycles. The molecule has 8 nitrogen and oxygen atoms in total. The van der Waals surface area contributed by atoms with Crippen molar-refractivity contribution in [3.8, 4) is 11.4 Å². The Morgan fingerprint density at radius 3 is 2.72 bits per heavy atom. The van der Waals surface area contributed by atoms with Gasteiger partial charge in [-0.2, -0.15) is 22.1 Å². The SMILES string of the molecule is CCn1nccc1-c1cnc(C[C@@H]2CCN(S(=O)(=O)N(C)C)C2)cn1. The second-order valence-corrected chi connectivity index (χ2v) is 8.57. The highest BCUT2D eigenvalue weighted by Gasteiger charge is 2.32. The van der Waals surface area contributed by atoms with E-state index in [1.54, 1.807) is 37.0 Å². The van der Waals surface area contributed by atoms with Crippen LogP contribution in [0, 0.1) is 5.92 Å². The molecule has 0 radical (unpaired) electrons. The fraction of sp³-hybridized carbons (Fsp3) is 0.562. The molecule has 0 bridgehead atoms. The zero-order valence-corrected chi connectivity index (χ0v) is 15.6. The predicted molar refractivity (Wildman–Crippen MR) is 94.9 cm³/mol. The van der Waals surface area contributed by atoms with Gasteiger partial charge >= 0.3 is 0 Å². The van der Waals surface area contributed by atoms with Crippen molar-refractivity contribution in [1.29, 1.82) is 0 Å². The van der Waals surface area contributed by atoms with E-state index in [4.69, 9.17) is 0 Å². The lowest BCUT2D eigenvalue weighted by atomic mass is 10.0. The van der Waals surface area contributed by atoms with Crippen molar-refractivity contribution in [1.82, 2.24) is 28.4 Å². The number of aryl methyl sites for hydroxylation is 1. The van der Waals surface area contributed by atoms with Gasteiger partial charge in [-0.1, -0.05) is 0 Å². The Morgan fingerprint density at radius 1 is 1.28 bits per heavy atom.